The standard InChI is InChI=1S/C23H16F6N4O/c1-34-12-13-11-14(22(24,25)26)4-6-17(13)32-18-8-10-31-21-15(18)5-7-19(33-21)20-16(23(27,28)29)3-2-9-30-20/h2-11H,12H2,1H3,(H,31,32,33). The second-order valence-corrected chi connectivity index (χ2v) is 7.25. The van der Waals surface area contributed by atoms with Crippen LogP contribution in [0.2, 0.25) is 0 Å². The first-order valence-electron chi connectivity index (χ1n) is 9.82. The lowest BCUT2D eigenvalue weighted by Crippen LogP contribution is -2.09. The molecule has 34 heavy (non-hydrogen) atoms. The minimum Gasteiger partial charge on any atom is -0.380 e. The van der Waals surface area contributed by atoms with E-state index < -0.39 is 23.5 Å². The summed E-state index contributed by atoms with van der Waals surface area (Å²) in [6.07, 6.45) is -6.49. The second kappa shape index (κ2) is 8.90. The number of pyridine rings is 3. The molecule has 1 aromatic carbocycles. The highest BCUT2D eigenvalue weighted by Gasteiger charge is 2.35. The number of nitrogens with one attached hydrogen (secondary N) is 1. The maximum Gasteiger partial charge on any atom is 0.418 e. The molecule has 3 heterocycles. The maximum absolute atomic E-state index is 13.4. The minimum absolute atomic E-state index is 0.0142. The van der Waals surface area contributed by atoms with E-state index in [-0.39, 0.29) is 29.2 Å². The van der Waals surface area contributed by atoms with Crippen molar-refractivity contribution in [2.24, 2.45) is 0 Å². The summed E-state index contributed by atoms with van der Waals surface area (Å²) in [6, 6.07) is 9.83. The molecule has 0 aliphatic carbocycles. The van der Waals surface area contributed by atoms with Crippen molar-refractivity contribution >= 4 is 22.4 Å². The number of benzene rings is 1. The Bertz CT molecular complexity index is 1340. The lowest BCUT2D eigenvalue weighted by atomic mass is 10.1. The SMILES string of the molecule is COCc1cc(C(F)(F)F)ccc1Nc1ccnc2nc(-c3ncccc3C(F)(F)F)ccc12. The summed E-state index contributed by atoms with van der Waals surface area (Å²) in [4.78, 5) is 12.2. The number of anilines is 2. The first kappa shape index (κ1) is 23.4. The van der Waals surface area contributed by atoms with Gasteiger partial charge in [0.05, 0.1) is 29.1 Å². The minimum atomic E-state index is -4.61. The van der Waals surface area contributed by atoms with Gasteiger partial charge in [-0.15, -0.1) is 0 Å². The molecule has 0 bridgehead atoms. The maximum atomic E-state index is 13.4. The van der Waals surface area contributed by atoms with Crippen LogP contribution in [0, 0.1) is 0 Å². The van der Waals surface area contributed by atoms with E-state index in [9.17, 15) is 26.3 Å². The first-order valence-corrected chi connectivity index (χ1v) is 9.82. The molecule has 1 N–H and O–H groups in total. The molecule has 176 valence electrons. The fourth-order valence-electron chi connectivity index (χ4n) is 3.42. The van der Waals surface area contributed by atoms with Crippen LogP contribution < -0.4 is 5.32 Å². The molecule has 11 heteroatoms. The number of hydrogen-bond acceptors (Lipinski definition) is 5. The zero-order chi connectivity index (χ0) is 24.5. The van der Waals surface area contributed by atoms with Gasteiger partial charge in [-0.2, -0.15) is 26.3 Å². The highest BCUT2D eigenvalue weighted by atomic mass is 19.4. The van der Waals surface area contributed by atoms with Crippen LogP contribution in [0.3, 0.4) is 0 Å². The van der Waals surface area contributed by atoms with Crippen molar-refractivity contribution in [1.29, 1.82) is 0 Å². The molecule has 0 aliphatic heterocycles. The van der Waals surface area contributed by atoms with E-state index in [0.717, 1.165) is 18.2 Å². The van der Waals surface area contributed by atoms with E-state index in [4.69, 9.17) is 4.74 Å². The second-order valence-electron chi connectivity index (χ2n) is 7.25. The number of alkyl halides is 6. The average Bonchev–Trinajstić information content (AvgIpc) is 2.79. The van der Waals surface area contributed by atoms with E-state index >= 15 is 0 Å². The number of nitrogens with zero attached hydrogens (tertiary/aromatic N) is 3. The van der Waals surface area contributed by atoms with Gasteiger partial charge in [-0.3, -0.25) is 4.98 Å². The van der Waals surface area contributed by atoms with Crippen molar-refractivity contribution in [2.75, 3.05) is 12.4 Å². The van der Waals surface area contributed by atoms with Crippen molar-refractivity contribution in [1.82, 2.24) is 15.0 Å². The number of ether oxygens (including phenoxy) is 1. The molecule has 0 fully saturated rings. The van der Waals surface area contributed by atoms with E-state index in [1.807, 2.05) is 0 Å². The van der Waals surface area contributed by atoms with Gasteiger partial charge in [-0.25, -0.2) is 9.97 Å². The van der Waals surface area contributed by atoms with Gasteiger partial charge in [0, 0.05) is 36.1 Å². The van der Waals surface area contributed by atoms with Crippen molar-refractivity contribution in [2.45, 2.75) is 19.0 Å². The third-order valence-electron chi connectivity index (χ3n) is 4.96. The summed E-state index contributed by atoms with van der Waals surface area (Å²) >= 11 is 0. The van der Waals surface area contributed by atoms with Gasteiger partial charge >= 0.3 is 12.4 Å². The summed E-state index contributed by atoms with van der Waals surface area (Å²) in [6.45, 7) is -0.0719. The van der Waals surface area contributed by atoms with Gasteiger partial charge in [0.2, 0.25) is 0 Å². The van der Waals surface area contributed by atoms with Crippen LogP contribution in [0.1, 0.15) is 16.7 Å². The third-order valence-corrected chi connectivity index (χ3v) is 4.96. The molecule has 0 atom stereocenters. The summed E-state index contributed by atoms with van der Waals surface area (Å²) in [7, 11) is 1.37. The molecule has 0 radical (unpaired) electrons. The van der Waals surface area contributed by atoms with Gasteiger partial charge in [-0.1, -0.05) is 0 Å². The van der Waals surface area contributed by atoms with E-state index in [1.165, 1.54) is 43.8 Å². The number of hydrogen-bond donors (Lipinski definition) is 1. The predicted octanol–water partition coefficient (Wildman–Crippen LogP) is 6.62. The fourth-order valence-corrected chi connectivity index (χ4v) is 3.42. The predicted molar refractivity (Wildman–Crippen MR) is 113 cm³/mol. The van der Waals surface area contributed by atoms with Crippen molar-refractivity contribution in [3.63, 3.8) is 0 Å². The molecule has 5 nitrogen and oxygen atoms in total. The Morgan fingerprint density at radius 1 is 0.853 bits per heavy atom. The molecule has 0 saturated carbocycles. The number of halogens is 6. The molecule has 0 amide bonds. The Kier molecular flexibility index (Phi) is 6.13. The number of methoxy groups -OCH3 is 1. The molecule has 0 unspecified atom stereocenters. The van der Waals surface area contributed by atoms with Crippen molar-refractivity contribution < 1.29 is 31.1 Å². The largest absolute Gasteiger partial charge is 0.418 e. The topological polar surface area (TPSA) is 59.9 Å². The van der Waals surface area contributed by atoms with E-state index in [0.29, 0.717) is 16.8 Å². The van der Waals surface area contributed by atoms with Crippen LogP contribution in [0.4, 0.5) is 37.7 Å². The van der Waals surface area contributed by atoms with E-state index in [2.05, 4.69) is 20.3 Å². The fraction of sp³-hybridized carbons (Fsp3) is 0.174. The Labute approximate surface area is 189 Å². The van der Waals surface area contributed by atoms with Crippen LogP contribution in [-0.2, 0) is 23.7 Å². The van der Waals surface area contributed by atoms with Gasteiger partial charge in [0.25, 0.3) is 0 Å². The Balaban J connectivity index is 1.75. The molecule has 0 saturated heterocycles. The lowest BCUT2D eigenvalue weighted by Gasteiger charge is -2.16. The lowest BCUT2D eigenvalue weighted by molar-refractivity contribution is -0.138. The van der Waals surface area contributed by atoms with Crippen LogP contribution in [0.5, 0.6) is 0 Å². The van der Waals surface area contributed by atoms with Crippen LogP contribution in [-0.4, -0.2) is 22.1 Å². The average molecular weight is 478 g/mol. The summed E-state index contributed by atoms with van der Waals surface area (Å²) in [5, 5.41) is 3.51. The van der Waals surface area contributed by atoms with Crippen molar-refractivity contribution in [3.8, 4) is 11.4 Å². The Hall–Kier alpha value is -3.73. The molecular formula is C23H16F6N4O. The van der Waals surface area contributed by atoms with Crippen LogP contribution in [0.25, 0.3) is 22.4 Å². The monoisotopic (exact) mass is 478 g/mol. The van der Waals surface area contributed by atoms with Gasteiger partial charge < -0.3 is 10.1 Å². The Morgan fingerprint density at radius 2 is 1.65 bits per heavy atom. The third kappa shape index (κ3) is 4.79. The highest BCUT2D eigenvalue weighted by molar-refractivity contribution is 5.92. The van der Waals surface area contributed by atoms with Crippen LogP contribution >= 0.6 is 0 Å². The number of fused-ring (bicyclic) bond motifs is 1. The number of aromatic nitrogens is 3. The highest BCUT2D eigenvalue weighted by Crippen LogP contribution is 2.37. The number of rotatable bonds is 5. The quantitative estimate of drug-likeness (QED) is 0.327. The first-order chi connectivity index (χ1) is 16.1. The summed E-state index contributed by atoms with van der Waals surface area (Å²) in [5.74, 6) is 0. The molecule has 0 aliphatic rings. The summed E-state index contributed by atoms with van der Waals surface area (Å²) < 4.78 is 84.5. The molecule has 4 aromatic rings. The van der Waals surface area contributed by atoms with Gasteiger partial charge in [0.1, 0.15) is 5.69 Å². The smallest absolute Gasteiger partial charge is 0.380 e. The molecular weight excluding hydrogens is 462 g/mol. The zero-order valence-electron chi connectivity index (χ0n) is 17.5. The summed E-state index contributed by atoms with van der Waals surface area (Å²) in [5.41, 5.74) is -0.843. The molecule has 0 spiro atoms. The van der Waals surface area contributed by atoms with E-state index in [1.54, 1.807) is 6.07 Å². The van der Waals surface area contributed by atoms with Crippen molar-refractivity contribution in [3.05, 3.63) is 77.6 Å². The zero-order valence-corrected chi connectivity index (χ0v) is 17.5. The molecule has 3 aromatic heterocycles. The normalized spacial score (nSPS) is 12.2. The Morgan fingerprint density at radius 3 is 2.35 bits per heavy atom. The van der Waals surface area contributed by atoms with Gasteiger partial charge in [0.15, 0.2) is 5.65 Å². The van der Waals surface area contributed by atoms with Gasteiger partial charge in [-0.05, 0) is 48.5 Å². The molecule has 4 rings (SSSR count). The van der Waals surface area contributed by atoms with Crippen LogP contribution in [0.15, 0.2) is 60.9 Å².